The number of morpholine rings is 1. The Morgan fingerprint density at radius 2 is 2.00 bits per heavy atom. The monoisotopic (exact) mass is 379 g/mol. The van der Waals surface area contributed by atoms with Crippen molar-refractivity contribution in [2.75, 3.05) is 31.2 Å². The molecule has 144 valence electrons. The number of hydrogen-bond acceptors (Lipinski definition) is 6. The van der Waals surface area contributed by atoms with E-state index in [-0.39, 0.29) is 11.9 Å². The Labute approximate surface area is 162 Å². The Balaban J connectivity index is 1.49. The summed E-state index contributed by atoms with van der Waals surface area (Å²) in [6, 6.07) is 8.88. The van der Waals surface area contributed by atoms with Gasteiger partial charge in [-0.05, 0) is 53.8 Å². The predicted molar refractivity (Wildman–Crippen MR) is 106 cm³/mol. The Bertz CT molecular complexity index is 963. The highest BCUT2D eigenvalue weighted by molar-refractivity contribution is 5.92. The second-order valence-corrected chi connectivity index (χ2v) is 7.29. The number of anilines is 1. The second kappa shape index (κ2) is 6.91. The van der Waals surface area contributed by atoms with Crippen LogP contribution in [0.2, 0.25) is 0 Å². The third-order valence-electron chi connectivity index (χ3n) is 5.59. The minimum absolute atomic E-state index is 0.166. The first-order valence-electron chi connectivity index (χ1n) is 9.60. The summed E-state index contributed by atoms with van der Waals surface area (Å²) >= 11 is 0. The van der Waals surface area contributed by atoms with Crippen LogP contribution in [0.4, 0.5) is 10.2 Å². The Hall–Kier alpha value is -2.93. The van der Waals surface area contributed by atoms with Gasteiger partial charge in [-0.2, -0.15) is 0 Å². The largest absolute Gasteiger partial charge is 0.378 e. The fraction of sp³-hybridized carbons (Fsp3) is 0.333. The maximum Gasteiger partial charge on any atom is 0.194 e. The van der Waals surface area contributed by atoms with Crippen LogP contribution in [0.25, 0.3) is 5.70 Å². The summed E-state index contributed by atoms with van der Waals surface area (Å²) in [5.41, 5.74) is 11.2. The molecule has 2 aliphatic heterocycles. The molecule has 0 saturated carbocycles. The van der Waals surface area contributed by atoms with Crippen LogP contribution in [0.3, 0.4) is 0 Å². The molecule has 1 atom stereocenters. The summed E-state index contributed by atoms with van der Waals surface area (Å²) in [6.07, 6.45) is 3.49. The van der Waals surface area contributed by atoms with Gasteiger partial charge in [-0.15, -0.1) is 0 Å². The molecule has 3 aliphatic rings. The van der Waals surface area contributed by atoms with Gasteiger partial charge in [0.25, 0.3) is 0 Å². The van der Waals surface area contributed by atoms with Crippen LogP contribution >= 0.6 is 0 Å². The molecule has 1 saturated heterocycles. The van der Waals surface area contributed by atoms with Crippen molar-refractivity contribution in [1.29, 1.82) is 0 Å². The van der Waals surface area contributed by atoms with E-state index in [1.54, 1.807) is 6.07 Å². The van der Waals surface area contributed by atoms with Crippen molar-refractivity contribution in [3.8, 4) is 0 Å². The average molecular weight is 379 g/mol. The number of fused-ring (bicyclic) bond motifs is 2. The fourth-order valence-corrected chi connectivity index (χ4v) is 4.19. The zero-order valence-electron chi connectivity index (χ0n) is 15.5. The van der Waals surface area contributed by atoms with E-state index in [9.17, 15) is 4.39 Å². The number of rotatable bonds is 2. The van der Waals surface area contributed by atoms with E-state index in [1.165, 1.54) is 11.6 Å². The van der Waals surface area contributed by atoms with E-state index in [0.29, 0.717) is 5.96 Å². The van der Waals surface area contributed by atoms with Gasteiger partial charge in [0.15, 0.2) is 5.96 Å². The van der Waals surface area contributed by atoms with E-state index < -0.39 is 0 Å². The first kappa shape index (κ1) is 17.2. The molecule has 7 heteroatoms. The molecule has 0 bridgehead atoms. The summed E-state index contributed by atoms with van der Waals surface area (Å²) in [7, 11) is 0. The van der Waals surface area contributed by atoms with Gasteiger partial charge in [0.05, 0.1) is 18.9 Å². The van der Waals surface area contributed by atoms with Crippen molar-refractivity contribution in [2.24, 2.45) is 10.7 Å². The first-order valence-corrected chi connectivity index (χ1v) is 9.60. The number of aliphatic imine (C=N–C) groups is 1. The summed E-state index contributed by atoms with van der Waals surface area (Å²) in [6.45, 7) is 3.17. The van der Waals surface area contributed by atoms with Gasteiger partial charge in [-0.3, -0.25) is 0 Å². The van der Waals surface area contributed by atoms with Crippen LogP contribution in [0.1, 0.15) is 29.2 Å². The third kappa shape index (κ3) is 3.01. The Morgan fingerprint density at radius 1 is 1.14 bits per heavy atom. The molecule has 28 heavy (non-hydrogen) atoms. The average Bonchev–Trinajstić information content (AvgIpc) is 2.73. The van der Waals surface area contributed by atoms with Crippen LogP contribution in [-0.4, -0.2) is 37.2 Å². The summed E-state index contributed by atoms with van der Waals surface area (Å²) in [5, 5.41) is 3.20. The molecule has 3 heterocycles. The molecule has 3 N–H and O–H groups in total. The van der Waals surface area contributed by atoms with Gasteiger partial charge in [0.2, 0.25) is 0 Å². The van der Waals surface area contributed by atoms with E-state index in [4.69, 9.17) is 10.5 Å². The summed E-state index contributed by atoms with van der Waals surface area (Å²) < 4.78 is 19.0. The lowest BCUT2D eigenvalue weighted by Crippen LogP contribution is -2.37. The molecule has 1 unspecified atom stereocenters. The van der Waals surface area contributed by atoms with Crippen molar-refractivity contribution >= 4 is 17.5 Å². The molecule has 1 aromatic heterocycles. The zero-order valence-corrected chi connectivity index (χ0v) is 15.5. The predicted octanol–water partition coefficient (Wildman–Crippen LogP) is 2.37. The molecular formula is C21H22FN5O. The number of ether oxygens (including phenoxy) is 1. The Morgan fingerprint density at radius 3 is 2.79 bits per heavy atom. The van der Waals surface area contributed by atoms with Gasteiger partial charge in [0.1, 0.15) is 17.7 Å². The number of nitrogens with one attached hydrogen (secondary N) is 1. The minimum atomic E-state index is -0.209. The van der Waals surface area contributed by atoms with Gasteiger partial charge >= 0.3 is 0 Å². The smallest absolute Gasteiger partial charge is 0.194 e. The highest BCUT2D eigenvalue weighted by Crippen LogP contribution is 2.40. The second-order valence-electron chi connectivity index (χ2n) is 7.29. The highest BCUT2D eigenvalue weighted by atomic mass is 19.1. The molecule has 0 radical (unpaired) electrons. The van der Waals surface area contributed by atoms with E-state index in [1.807, 2.05) is 18.3 Å². The highest BCUT2D eigenvalue weighted by Gasteiger charge is 2.30. The lowest BCUT2D eigenvalue weighted by atomic mass is 9.83. The van der Waals surface area contributed by atoms with Gasteiger partial charge < -0.3 is 20.7 Å². The van der Waals surface area contributed by atoms with Gasteiger partial charge in [-0.1, -0.05) is 6.07 Å². The standard InChI is InChI=1S/C21H22FN5O/c22-15-3-5-16-13(11-15)1-4-17-19(25-21(23)26-20(16)17)14-2-6-18(24-12-14)27-7-9-28-10-8-27/h2-3,5-6,11-12,19H,1,4,7-10H2,(H3,23,25,26). The molecule has 0 amide bonds. The van der Waals surface area contributed by atoms with Gasteiger partial charge in [-0.25, -0.2) is 14.4 Å². The van der Waals surface area contributed by atoms with Crippen molar-refractivity contribution in [3.05, 3.63) is 64.6 Å². The number of halogens is 1. The molecular weight excluding hydrogens is 357 g/mol. The first-order chi connectivity index (χ1) is 13.7. The number of nitrogens with zero attached hydrogens (tertiary/aromatic N) is 3. The topological polar surface area (TPSA) is 75.8 Å². The van der Waals surface area contributed by atoms with Crippen LogP contribution in [0.5, 0.6) is 0 Å². The number of aromatic nitrogens is 1. The molecule has 2 aromatic rings. The quantitative estimate of drug-likeness (QED) is 0.838. The van der Waals surface area contributed by atoms with Crippen LogP contribution < -0.4 is 16.0 Å². The number of hydrogen-bond donors (Lipinski definition) is 2. The number of nitrogens with two attached hydrogens (primary N) is 1. The SMILES string of the molecule is NC1=NC(c2ccc(N3CCOCC3)nc2)C2=C(N1)c1ccc(F)cc1CC2. The van der Waals surface area contributed by atoms with Crippen molar-refractivity contribution in [3.63, 3.8) is 0 Å². The van der Waals surface area contributed by atoms with Crippen LogP contribution in [0.15, 0.2) is 47.1 Å². The van der Waals surface area contributed by atoms with Crippen molar-refractivity contribution < 1.29 is 9.13 Å². The van der Waals surface area contributed by atoms with Gasteiger partial charge in [0, 0.05) is 24.8 Å². The Kier molecular flexibility index (Phi) is 4.24. The maximum atomic E-state index is 13.6. The maximum absolute atomic E-state index is 13.6. The van der Waals surface area contributed by atoms with E-state index >= 15 is 0 Å². The lowest BCUT2D eigenvalue weighted by molar-refractivity contribution is 0.122. The molecule has 5 rings (SSSR count). The fourth-order valence-electron chi connectivity index (χ4n) is 4.19. The van der Waals surface area contributed by atoms with E-state index in [2.05, 4.69) is 26.3 Å². The normalized spacial score (nSPS) is 21.5. The number of aryl methyl sites for hydroxylation is 1. The van der Waals surface area contributed by atoms with E-state index in [0.717, 1.165) is 67.4 Å². The third-order valence-corrected chi connectivity index (χ3v) is 5.59. The minimum Gasteiger partial charge on any atom is -0.378 e. The molecule has 1 aliphatic carbocycles. The summed E-state index contributed by atoms with van der Waals surface area (Å²) in [4.78, 5) is 11.5. The molecule has 6 nitrogen and oxygen atoms in total. The van der Waals surface area contributed by atoms with Crippen LogP contribution in [-0.2, 0) is 11.2 Å². The molecule has 0 spiro atoms. The number of pyridine rings is 1. The molecule has 1 fully saturated rings. The van der Waals surface area contributed by atoms with Crippen molar-refractivity contribution in [2.45, 2.75) is 18.9 Å². The number of benzene rings is 1. The zero-order chi connectivity index (χ0) is 19.1. The number of guanidine groups is 1. The lowest BCUT2D eigenvalue weighted by Gasteiger charge is -2.32. The van der Waals surface area contributed by atoms with Crippen LogP contribution in [0, 0.1) is 5.82 Å². The van der Waals surface area contributed by atoms with Crippen molar-refractivity contribution in [1.82, 2.24) is 10.3 Å². The summed E-state index contributed by atoms with van der Waals surface area (Å²) in [5.74, 6) is 1.12. The molecule has 1 aromatic carbocycles.